The first-order valence-electron chi connectivity index (χ1n) is 12.6. The van der Waals surface area contributed by atoms with Crippen LogP contribution in [0.4, 0.5) is 14.9 Å². The van der Waals surface area contributed by atoms with Crippen molar-refractivity contribution in [2.45, 2.75) is 31.8 Å². The van der Waals surface area contributed by atoms with Crippen LogP contribution in [-0.4, -0.2) is 33.8 Å². The van der Waals surface area contributed by atoms with Gasteiger partial charge in [-0.1, -0.05) is 48.0 Å². The van der Waals surface area contributed by atoms with Crippen molar-refractivity contribution in [2.75, 3.05) is 5.32 Å². The topological polar surface area (TPSA) is 86.7 Å². The number of Topliss-reactive ketones (excluding diaryl/α,β-unsaturated/α-hetero) is 1. The first kappa shape index (κ1) is 27.6. The molecule has 40 heavy (non-hydrogen) atoms. The van der Waals surface area contributed by atoms with Crippen molar-refractivity contribution in [1.82, 2.24) is 4.90 Å². The number of urea groups is 1. The van der Waals surface area contributed by atoms with Crippen molar-refractivity contribution in [3.05, 3.63) is 122 Å². The first-order valence-corrected chi connectivity index (χ1v) is 13.9. The fraction of sp³-hybridized carbons (Fsp3) is 0.194. The molecule has 0 aliphatic carbocycles. The molecule has 0 radical (unpaired) electrons. The third kappa shape index (κ3) is 5.12. The van der Waals surface area contributed by atoms with E-state index >= 15 is 0 Å². The molecule has 4 aromatic rings. The van der Waals surface area contributed by atoms with E-state index in [4.69, 9.17) is 11.6 Å². The number of carboxylic acid groups (broad SMARTS) is 1. The fourth-order valence-corrected chi connectivity index (χ4v) is 6.79. The number of aliphatic carboxylic acids is 1. The Labute approximate surface area is 240 Å². The summed E-state index contributed by atoms with van der Waals surface area (Å²) in [5.74, 6) is -3.70. The number of carbonyl (C=O) groups is 3. The Morgan fingerprint density at radius 1 is 0.925 bits per heavy atom. The van der Waals surface area contributed by atoms with Gasteiger partial charge in [0.05, 0.1) is 12.0 Å². The average molecular weight is 577 g/mol. The highest BCUT2D eigenvalue weighted by molar-refractivity contribution is 7.10. The first-order chi connectivity index (χ1) is 19.2. The molecule has 6 nitrogen and oxygen atoms in total. The molecular formula is C31H26ClFN2O4S. The van der Waals surface area contributed by atoms with E-state index in [-0.39, 0.29) is 5.78 Å². The maximum absolute atomic E-state index is 14.5. The SMILES string of the molecule is Cc1ccccc1C(=O)C1C(c2sccc2C)C(C(=O)O)N(C(=O)Nc2ccc(F)cc2)C1c1ccc(Cl)cc1. The Kier molecular flexibility index (Phi) is 7.74. The molecule has 9 heteroatoms. The lowest BCUT2D eigenvalue weighted by Crippen LogP contribution is -2.45. The molecule has 4 atom stereocenters. The van der Waals surface area contributed by atoms with Crippen LogP contribution in [0.1, 0.15) is 43.9 Å². The molecule has 2 heterocycles. The van der Waals surface area contributed by atoms with Crippen molar-refractivity contribution >= 4 is 46.4 Å². The van der Waals surface area contributed by atoms with Crippen LogP contribution in [0, 0.1) is 25.6 Å². The Morgan fingerprint density at radius 3 is 2.20 bits per heavy atom. The van der Waals surface area contributed by atoms with Crippen LogP contribution in [0.5, 0.6) is 0 Å². The number of nitrogens with one attached hydrogen (secondary N) is 1. The Bertz CT molecular complexity index is 1570. The second-order valence-electron chi connectivity index (χ2n) is 9.82. The van der Waals surface area contributed by atoms with Gasteiger partial charge >= 0.3 is 12.0 Å². The highest BCUT2D eigenvalue weighted by atomic mass is 35.5. The van der Waals surface area contributed by atoms with Gasteiger partial charge in [0.1, 0.15) is 11.9 Å². The van der Waals surface area contributed by atoms with E-state index in [2.05, 4.69) is 5.32 Å². The molecule has 2 N–H and O–H groups in total. The molecule has 2 amide bonds. The number of thiophene rings is 1. The molecule has 1 aliphatic rings. The predicted octanol–water partition coefficient (Wildman–Crippen LogP) is 7.48. The zero-order chi connectivity index (χ0) is 28.6. The number of benzene rings is 3. The highest BCUT2D eigenvalue weighted by Crippen LogP contribution is 2.53. The van der Waals surface area contributed by atoms with E-state index < -0.39 is 41.7 Å². The van der Waals surface area contributed by atoms with E-state index in [0.717, 1.165) is 16.0 Å². The van der Waals surface area contributed by atoms with Gasteiger partial charge in [0.25, 0.3) is 0 Å². The van der Waals surface area contributed by atoms with Gasteiger partial charge in [-0.3, -0.25) is 4.79 Å². The van der Waals surface area contributed by atoms with Gasteiger partial charge in [-0.25, -0.2) is 14.0 Å². The zero-order valence-corrected chi connectivity index (χ0v) is 23.2. The van der Waals surface area contributed by atoms with Gasteiger partial charge in [-0.15, -0.1) is 11.3 Å². The van der Waals surface area contributed by atoms with Gasteiger partial charge in [0.2, 0.25) is 0 Å². The predicted molar refractivity (Wildman–Crippen MR) is 154 cm³/mol. The van der Waals surface area contributed by atoms with Gasteiger partial charge < -0.3 is 15.3 Å². The number of hydrogen-bond donors (Lipinski definition) is 2. The summed E-state index contributed by atoms with van der Waals surface area (Å²) >= 11 is 7.55. The number of anilines is 1. The van der Waals surface area contributed by atoms with Crippen LogP contribution in [0.2, 0.25) is 5.02 Å². The summed E-state index contributed by atoms with van der Waals surface area (Å²) < 4.78 is 13.5. The Hall–Kier alpha value is -4.01. The third-order valence-corrected chi connectivity index (χ3v) is 8.75. The number of halogens is 2. The van der Waals surface area contributed by atoms with Crippen LogP contribution in [0.25, 0.3) is 0 Å². The number of rotatable bonds is 6. The zero-order valence-electron chi connectivity index (χ0n) is 21.7. The summed E-state index contributed by atoms with van der Waals surface area (Å²) in [5, 5.41) is 15.7. The van der Waals surface area contributed by atoms with Gasteiger partial charge in [0.15, 0.2) is 5.78 Å². The molecule has 1 fully saturated rings. The summed E-state index contributed by atoms with van der Waals surface area (Å²) in [7, 11) is 0. The molecule has 0 bridgehead atoms. The quantitative estimate of drug-likeness (QED) is 0.233. The molecule has 1 aliphatic heterocycles. The third-order valence-electron chi connectivity index (χ3n) is 7.38. The molecular weight excluding hydrogens is 551 g/mol. The standard InChI is InChI=1S/C31H26ClFN2O4S/c1-17-5-3-4-6-23(17)28(36)24-25(29-18(2)15-16-40-29)27(30(37)38)35(26(24)19-7-9-20(32)10-8-19)31(39)34-22-13-11-21(33)12-14-22/h3-16,24-27H,1-2H3,(H,34,39)(H,37,38). The minimum absolute atomic E-state index is 0.251. The lowest BCUT2D eigenvalue weighted by atomic mass is 9.77. The van der Waals surface area contributed by atoms with Crippen LogP contribution in [0.3, 0.4) is 0 Å². The molecule has 3 aromatic carbocycles. The molecule has 0 saturated carbocycles. The number of carbonyl (C=O) groups excluding carboxylic acids is 2. The average Bonchev–Trinajstić information content (AvgIpc) is 3.51. The van der Waals surface area contributed by atoms with Crippen molar-refractivity contribution in [1.29, 1.82) is 0 Å². The summed E-state index contributed by atoms with van der Waals surface area (Å²) in [5.41, 5.74) is 2.94. The molecule has 4 unspecified atom stereocenters. The number of likely N-dealkylation sites (tertiary alicyclic amines) is 1. The number of amides is 2. The molecule has 0 spiro atoms. The summed E-state index contributed by atoms with van der Waals surface area (Å²) in [4.78, 5) is 43.4. The van der Waals surface area contributed by atoms with Crippen LogP contribution in [-0.2, 0) is 4.79 Å². The second-order valence-corrected chi connectivity index (χ2v) is 11.2. The molecule has 1 saturated heterocycles. The van der Waals surface area contributed by atoms with Crippen molar-refractivity contribution < 1.29 is 23.9 Å². The van der Waals surface area contributed by atoms with Gasteiger partial charge in [-0.2, -0.15) is 0 Å². The molecule has 204 valence electrons. The number of nitrogens with zero attached hydrogens (tertiary/aromatic N) is 1. The lowest BCUT2D eigenvalue weighted by Gasteiger charge is -2.30. The molecule has 1 aromatic heterocycles. The van der Waals surface area contributed by atoms with E-state index in [1.807, 2.05) is 37.4 Å². The van der Waals surface area contributed by atoms with Gasteiger partial charge in [-0.05, 0) is 78.4 Å². The van der Waals surface area contributed by atoms with E-state index in [9.17, 15) is 23.9 Å². The minimum Gasteiger partial charge on any atom is -0.480 e. The van der Waals surface area contributed by atoms with Gasteiger partial charge in [0, 0.05) is 27.1 Å². The van der Waals surface area contributed by atoms with Crippen LogP contribution < -0.4 is 5.32 Å². The Morgan fingerprint density at radius 2 is 1.60 bits per heavy atom. The fourth-order valence-electron chi connectivity index (χ4n) is 5.55. The Balaban J connectivity index is 1.73. The normalized spacial score (nSPS) is 20.4. The van der Waals surface area contributed by atoms with E-state index in [1.165, 1.54) is 40.5 Å². The maximum atomic E-state index is 14.5. The summed E-state index contributed by atoms with van der Waals surface area (Å²) in [6.07, 6.45) is 0. The van der Waals surface area contributed by atoms with E-state index in [0.29, 0.717) is 21.8 Å². The number of aryl methyl sites for hydroxylation is 2. The maximum Gasteiger partial charge on any atom is 0.327 e. The minimum atomic E-state index is -1.36. The van der Waals surface area contributed by atoms with Crippen LogP contribution in [0.15, 0.2) is 84.2 Å². The molecule has 5 rings (SSSR count). The van der Waals surface area contributed by atoms with Crippen molar-refractivity contribution in [2.24, 2.45) is 5.92 Å². The number of ketones is 1. The summed E-state index contributed by atoms with van der Waals surface area (Å²) in [6, 6.07) is 18.0. The number of carboxylic acids is 1. The van der Waals surface area contributed by atoms with Crippen LogP contribution >= 0.6 is 22.9 Å². The lowest BCUT2D eigenvalue weighted by molar-refractivity contribution is -0.142. The van der Waals surface area contributed by atoms with Crippen molar-refractivity contribution in [3.8, 4) is 0 Å². The van der Waals surface area contributed by atoms with E-state index in [1.54, 1.807) is 36.4 Å². The van der Waals surface area contributed by atoms with Crippen molar-refractivity contribution in [3.63, 3.8) is 0 Å². The smallest absolute Gasteiger partial charge is 0.327 e. The number of hydrogen-bond acceptors (Lipinski definition) is 4. The summed E-state index contributed by atoms with van der Waals surface area (Å²) in [6.45, 7) is 3.71. The highest BCUT2D eigenvalue weighted by Gasteiger charge is 2.58. The largest absolute Gasteiger partial charge is 0.480 e. The second kappa shape index (κ2) is 11.2. The monoisotopic (exact) mass is 576 g/mol.